The van der Waals surface area contributed by atoms with E-state index in [1.807, 2.05) is 6.07 Å². The number of nitrogens with zero attached hydrogens (tertiary/aromatic N) is 4. The largest absolute Gasteiger partial charge is 0.356 e. The number of H-pyrrole nitrogens is 1. The van der Waals surface area contributed by atoms with Crippen LogP contribution in [0.15, 0.2) is 60.0 Å². The number of ketones is 1. The number of fused-ring (bicyclic) bond motifs is 2. The molecule has 0 fully saturated rings. The normalized spacial score (nSPS) is 11.5. The lowest BCUT2D eigenvalue weighted by Gasteiger charge is -2.06. The molecule has 1 aromatic carbocycles. The summed E-state index contributed by atoms with van der Waals surface area (Å²) in [6.07, 6.45) is 6.04. The number of aromatic nitrogens is 5. The van der Waals surface area contributed by atoms with Gasteiger partial charge in [0, 0.05) is 29.5 Å². The van der Waals surface area contributed by atoms with E-state index in [4.69, 9.17) is 0 Å². The molecular weight excluding hydrogens is 404 g/mol. The predicted molar refractivity (Wildman–Crippen MR) is 109 cm³/mol. The third-order valence-corrected chi connectivity index (χ3v) is 5.13. The molecule has 4 aromatic heterocycles. The molecule has 0 saturated carbocycles. The summed E-state index contributed by atoms with van der Waals surface area (Å²) in [7, 11) is 0. The molecular formula is C22H15F2N5O2. The first-order valence-electron chi connectivity index (χ1n) is 9.41. The minimum atomic E-state index is -0.938. The van der Waals surface area contributed by atoms with Gasteiger partial charge in [0.2, 0.25) is 5.78 Å². The van der Waals surface area contributed by atoms with Crippen LogP contribution in [0.25, 0.3) is 16.4 Å². The van der Waals surface area contributed by atoms with Crippen molar-refractivity contribution in [2.24, 2.45) is 0 Å². The van der Waals surface area contributed by atoms with Gasteiger partial charge in [0.15, 0.2) is 0 Å². The SMILES string of the molecule is Cc1cc(F)c(C(=O)c2c[nH]c3c(=O)n(Cc4cc5ccncn5n4)ccc23)c(F)c1. The number of pyridine rings is 1. The maximum absolute atomic E-state index is 14.3. The highest BCUT2D eigenvalue weighted by Crippen LogP contribution is 2.23. The second kappa shape index (κ2) is 6.98. The molecule has 7 nitrogen and oxygen atoms in total. The van der Waals surface area contributed by atoms with E-state index in [1.54, 1.807) is 29.2 Å². The van der Waals surface area contributed by atoms with Crippen molar-refractivity contribution in [3.63, 3.8) is 0 Å². The highest BCUT2D eigenvalue weighted by Gasteiger charge is 2.23. The second-order valence-corrected chi connectivity index (χ2v) is 7.26. The zero-order valence-corrected chi connectivity index (χ0v) is 16.3. The lowest BCUT2D eigenvalue weighted by atomic mass is 10.0. The average Bonchev–Trinajstić information content (AvgIpc) is 3.33. The summed E-state index contributed by atoms with van der Waals surface area (Å²) in [6, 6.07) is 7.41. The molecule has 0 amide bonds. The summed E-state index contributed by atoms with van der Waals surface area (Å²) in [5.74, 6) is -2.70. The zero-order valence-electron chi connectivity index (χ0n) is 16.3. The number of aryl methyl sites for hydroxylation is 1. The van der Waals surface area contributed by atoms with Gasteiger partial charge in [0.25, 0.3) is 5.56 Å². The Morgan fingerprint density at radius 1 is 1.16 bits per heavy atom. The van der Waals surface area contributed by atoms with Gasteiger partial charge in [-0.15, -0.1) is 0 Å². The standard InChI is InChI=1S/C22H15F2N5O2/c1-12-6-17(23)19(18(24)7-12)21(30)16-9-26-20-15(16)3-5-28(22(20)31)10-13-8-14-2-4-25-11-29(14)27-13/h2-9,11,26H,10H2,1H3. The third kappa shape index (κ3) is 3.10. The van der Waals surface area contributed by atoms with Crippen molar-refractivity contribution in [1.82, 2.24) is 24.1 Å². The van der Waals surface area contributed by atoms with E-state index in [2.05, 4.69) is 15.1 Å². The summed E-state index contributed by atoms with van der Waals surface area (Å²) in [5.41, 5.74) is 1.04. The fourth-order valence-corrected chi connectivity index (χ4v) is 3.68. The number of benzene rings is 1. The van der Waals surface area contributed by atoms with Crippen LogP contribution in [0.2, 0.25) is 0 Å². The quantitative estimate of drug-likeness (QED) is 0.453. The molecule has 0 aliphatic rings. The molecule has 0 saturated heterocycles. The molecule has 5 aromatic rings. The minimum absolute atomic E-state index is 0.0275. The van der Waals surface area contributed by atoms with Crippen LogP contribution in [0.3, 0.4) is 0 Å². The van der Waals surface area contributed by atoms with Crippen LogP contribution < -0.4 is 5.56 Å². The number of carbonyl (C=O) groups excluding carboxylic acids is 1. The molecule has 4 heterocycles. The van der Waals surface area contributed by atoms with E-state index in [-0.39, 0.29) is 23.2 Å². The summed E-state index contributed by atoms with van der Waals surface area (Å²) in [6.45, 7) is 1.74. The summed E-state index contributed by atoms with van der Waals surface area (Å²) < 4.78 is 31.6. The third-order valence-electron chi connectivity index (χ3n) is 5.13. The molecule has 154 valence electrons. The molecule has 1 N–H and O–H groups in total. The first kappa shape index (κ1) is 18.9. The van der Waals surface area contributed by atoms with Gasteiger partial charge in [0.05, 0.1) is 23.3 Å². The average molecular weight is 419 g/mol. The Kier molecular flexibility index (Phi) is 4.25. The van der Waals surface area contributed by atoms with Crippen molar-refractivity contribution < 1.29 is 13.6 Å². The van der Waals surface area contributed by atoms with Gasteiger partial charge < -0.3 is 9.55 Å². The highest BCUT2D eigenvalue weighted by molar-refractivity contribution is 6.16. The Labute approximate surface area is 173 Å². The van der Waals surface area contributed by atoms with Crippen molar-refractivity contribution in [2.45, 2.75) is 13.5 Å². The molecule has 31 heavy (non-hydrogen) atoms. The number of halogens is 2. The van der Waals surface area contributed by atoms with Crippen LogP contribution in [0.4, 0.5) is 8.78 Å². The van der Waals surface area contributed by atoms with Crippen molar-refractivity contribution >= 4 is 22.2 Å². The van der Waals surface area contributed by atoms with Gasteiger partial charge in [0.1, 0.15) is 23.5 Å². The smallest absolute Gasteiger partial charge is 0.275 e. The predicted octanol–water partition coefficient (Wildman–Crippen LogP) is 3.24. The first-order chi connectivity index (χ1) is 14.9. The lowest BCUT2D eigenvalue weighted by molar-refractivity contribution is 0.103. The van der Waals surface area contributed by atoms with E-state index in [0.29, 0.717) is 16.6 Å². The van der Waals surface area contributed by atoms with Gasteiger partial charge in [-0.3, -0.25) is 9.59 Å². The molecule has 0 aliphatic carbocycles. The van der Waals surface area contributed by atoms with E-state index < -0.39 is 23.0 Å². The zero-order chi connectivity index (χ0) is 21.7. The lowest BCUT2D eigenvalue weighted by Crippen LogP contribution is -2.20. The number of carbonyl (C=O) groups is 1. The van der Waals surface area contributed by atoms with Crippen molar-refractivity contribution in [3.05, 3.63) is 99.6 Å². The topological polar surface area (TPSA) is 85.0 Å². The van der Waals surface area contributed by atoms with Crippen LogP contribution in [-0.2, 0) is 6.54 Å². The second-order valence-electron chi connectivity index (χ2n) is 7.26. The molecule has 0 bridgehead atoms. The Morgan fingerprint density at radius 3 is 2.68 bits per heavy atom. The number of hydrogen-bond acceptors (Lipinski definition) is 4. The van der Waals surface area contributed by atoms with Crippen molar-refractivity contribution in [2.75, 3.05) is 0 Å². The summed E-state index contributed by atoms with van der Waals surface area (Å²) in [4.78, 5) is 32.5. The molecule has 0 radical (unpaired) electrons. The first-order valence-corrected chi connectivity index (χ1v) is 9.41. The van der Waals surface area contributed by atoms with Crippen LogP contribution in [-0.4, -0.2) is 29.9 Å². The highest BCUT2D eigenvalue weighted by atomic mass is 19.1. The van der Waals surface area contributed by atoms with Gasteiger partial charge in [-0.2, -0.15) is 5.10 Å². The summed E-state index contributed by atoms with van der Waals surface area (Å²) >= 11 is 0. The number of hydrogen-bond donors (Lipinski definition) is 1. The van der Waals surface area contributed by atoms with Crippen molar-refractivity contribution in [3.8, 4) is 0 Å². The monoisotopic (exact) mass is 419 g/mol. The number of rotatable bonds is 4. The van der Waals surface area contributed by atoms with Gasteiger partial charge >= 0.3 is 0 Å². The van der Waals surface area contributed by atoms with Crippen LogP contribution >= 0.6 is 0 Å². The van der Waals surface area contributed by atoms with Crippen LogP contribution in [0.1, 0.15) is 27.2 Å². The number of aromatic amines is 1. The Balaban J connectivity index is 1.54. The van der Waals surface area contributed by atoms with Crippen LogP contribution in [0, 0.1) is 18.6 Å². The van der Waals surface area contributed by atoms with E-state index in [9.17, 15) is 18.4 Å². The molecule has 0 unspecified atom stereocenters. The van der Waals surface area contributed by atoms with Gasteiger partial charge in [-0.05, 0) is 42.8 Å². The maximum atomic E-state index is 14.3. The number of nitrogens with one attached hydrogen (secondary N) is 1. The fraction of sp³-hybridized carbons (Fsp3) is 0.0909. The minimum Gasteiger partial charge on any atom is -0.356 e. The molecule has 5 rings (SSSR count). The fourth-order valence-electron chi connectivity index (χ4n) is 3.68. The molecule has 0 spiro atoms. The van der Waals surface area contributed by atoms with Crippen molar-refractivity contribution in [1.29, 1.82) is 0 Å². The Bertz CT molecular complexity index is 1490. The van der Waals surface area contributed by atoms with E-state index in [0.717, 1.165) is 17.6 Å². The van der Waals surface area contributed by atoms with Gasteiger partial charge in [-0.1, -0.05) is 0 Å². The molecule has 0 atom stereocenters. The Hall–Kier alpha value is -4.14. The van der Waals surface area contributed by atoms with Crippen LogP contribution in [0.5, 0.6) is 0 Å². The van der Waals surface area contributed by atoms with Gasteiger partial charge in [-0.25, -0.2) is 18.3 Å². The molecule has 0 aliphatic heterocycles. The van der Waals surface area contributed by atoms with E-state index in [1.165, 1.54) is 23.9 Å². The van der Waals surface area contributed by atoms with E-state index >= 15 is 0 Å². The molecule has 9 heteroatoms. The summed E-state index contributed by atoms with van der Waals surface area (Å²) in [5, 5.41) is 4.67. The maximum Gasteiger partial charge on any atom is 0.275 e. The Morgan fingerprint density at radius 2 is 1.94 bits per heavy atom.